The summed E-state index contributed by atoms with van der Waals surface area (Å²) in [6.07, 6.45) is 7.36. The van der Waals surface area contributed by atoms with E-state index in [0.717, 1.165) is 12.0 Å². The zero-order chi connectivity index (χ0) is 10.9. The van der Waals surface area contributed by atoms with Crippen LogP contribution in [0.5, 0.6) is 0 Å². The molecule has 0 aromatic carbocycles. The van der Waals surface area contributed by atoms with Crippen LogP contribution in [0.3, 0.4) is 0 Å². The van der Waals surface area contributed by atoms with Crippen LogP contribution >= 0.6 is 0 Å². The van der Waals surface area contributed by atoms with Crippen molar-refractivity contribution in [3.8, 4) is 0 Å². The summed E-state index contributed by atoms with van der Waals surface area (Å²) in [5.41, 5.74) is 6.80. The molecule has 0 aromatic rings. The van der Waals surface area contributed by atoms with Crippen molar-refractivity contribution < 1.29 is 0 Å². The Kier molecular flexibility index (Phi) is 3.09. The third-order valence-electron chi connectivity index (χ3n) is 4.24. The Morgan fingerprint density at radius 1 is 1.13 bits per heavy atom. The lowest BCUT2D eigenvalue weighted by Gasteiger charge is -2.54. The summed E-state index contributed by atoms with van der Waals surface area (Å²) in [5.74, 6) is 0. The van der Waals surface area contributed by atoms with Crippen LogP contribution in [0, 0.1) is 10.8 Å². The van der Waals surface area contributed by atoms with E-state index >= 15 is 0 Å². The minimum absolute atomic E-state index is 0.302. The van der Waals surface area contributed by atoms with Crippen molar-refractivity contribution in [1.29, 1.82) is 0 Å². The Morgan fingerprint density at radius 2 is 1.73 bits per heavy atom. The number of likely N-dealkylation sites (tertiary alicyclic amines) is 1. The normalized spacial score (nSPS) is 26.6. The smallest absolute Gasteiger partial charge is 0.00507 e. The molecule has 0 amide bonds. The lowest BCUT2D eigenvalue weighted by atomic mass is 9.68. The third-order valence-corrected chi connectivity index (χ3v) is 4.24. The standard InChI is InChI=1S/C13H26N2/c1-12(2,8-14)9-15-10-13(11-15)6-4-3-5-7-13/h3-11,14H2,1-2H3. The average molecular weight is 210 g/mol. The van der Waals surface area contributed by atoms with Gasteiger partial charge in [-0.25, -0.2) is 0 Å². The van der Waals surface area contributed by atoms with E-state index in [1.807, 2.05) is 0 Å². The first-order valence-corrected chi connectivity index (χ1v) is 6.48. The molecule has 2 nitrogen and oxygen atoms in total. The highest BCUT2D eigenvalue weighted by Gasteiger charge is 2.44. The first kappa shape index (κ1) is 11.4. The first-order valence-electron chi connectivity index (χ1n) is 6.48. The van der Waals surface area contributed by atoms with Gasteiger partial charge in [0.15, 0.2) is 0 Å². The van der Waals surface area contributed by atoms with Crippen LogP contribution in [-0.2, 0) is 0 Å². The second-order valence-electron chi connectivity index (χ2n) is 6.57. The van der Waals surface area contributed by atoms with Crippen LogP contribution in [0.15, 0.2) is 0 Å². The molecule has 1 aliphatic heterocycles. The van der Waals surface area contributed by atoms with Gasteiger partial charge in [0, 0.05) is 19.6 Å². The van der Waals surface area contributed by atoms with Gasteiger partial charge in [-0.2, -0.15) is 0 Å². The second-order valence-corrected chi connectivity index (χ2v) is 6.57. The van der Waals surface area contributed by atoms with E-state index in [9.17, 15) is 0 Å². The van der Waals surface area contributed by atoms with Gasteiger partial charge in [-0.1, -0.05) is 33.1 Å². The van der Waals surface area contributed by atoms with Gasteiger partial charge in [0.2, 0.25) is 0 Å². The summed E-state index contributed by atoms with van der Waals surface area (Å²) in [7, 11) is 0. The van der Waals surface area contributed by atoms with Crippen LogP contribution in [0.1, 0.15) is 46.0 Å². The molecule has 15 heavy (non-hydrogen) atoms. The van der Waals surface area contributed by atoms with Gasteiger partial charge >= 0.3 is 0 Å². The number of nitrogens with zero attached hydrogens (tertiary/aromatic N) is 1. The monoisotopic (exact) mass is 210 g/mol. The van der Waals surface area contributed by atoms with E-state index in [4.69, 9.17) is 5.73 Å². The summed E-state index contributed by atoms with van der Waals surface area (Å²) in [6.45, 7) is 9.23. The zero-order valence-corrected chi connectivity index (χ0v) is 10.4. The van der Waals surface area contributed by atoms with Gasteiger partial charge < -0.3 is 10.6 Å². The van der Waals surface area contributed by atoms with Crippen LogP contribution in [0.2, 0.25) is 0 Å². The van der Waals surface area contributed by atoms with Gasteiger partial charge in [0.25, 0.3) is 0 Å². The van der Waals surface area contributed by atoms with Gasteiger partial charge in [-0.3, -0.25) is 0 Å². The third kappa shape index (κ3) is 2.54. The first-order chi connectivity index (χ1) is 7.05. The molecule has 1 spiro atoms. The summed E-state index contributed by atoms with van der Waals surface area (Å²) in [6, 6.07) is 0. The van der Waals surface area contributed by atoms with E-state index in [2.05, 4.69) is 18.7 Å². The largest absolute Gasteiger partial charge is 0.330 e. The lowest BCUT2D eigenvalue weighted by molar-refractivity contribution is -0.0450. The van der Waals surface area contributed by atoms with Gasteiger partial charge in [0.05, 0.1) is 0 Å². The average Bonchev–Trinajstić information content (AvgIpc) is 2.17. The molecule has 88 valence electrons. The lowest BCUT2D eigenvalue weighted by Crippen LogP contribution is -2.59. The molecule has 0 unspecified atom stereocenters. The van der Waals surface area contributed by atoms with E-state index in [1.165, 1.54) is 51.7 Å². The maximum Gasteiger partial charge on any atom is 0.00507 e. The molecule has 0 atom stereocenters. The molecule has 1 aliphatic carbocycles. The van der Waals surface area contributed by atoms with E-state index in [0.29, 0.717) is 5.41 Å². The van der Waals surface area contributed by atoms with Gasteiger partial charge in [0.1, 0.15) is 0 Å². The van der Waals surface area contributed by atoms with Crippen molar-refractivity contribution in [2.24, 2.45) is 16.6 Å². The predicted octanol–water partition coefficient (Wildman–Crippen LogP) is 2.24. The fourth-order valence-electron chi connectivity index (χ4n) is 3.30. The minimum Gasteiger partial charge on any atom is -0.330 e. The van der Waals surface area contributed by atoms with Crippen molar-refractivity contribution in [2.45, 2.75) is 46.0 Å². The molecule has 2 heteroatoms. The van der Waals surface area contributed by atoms with Crippen molar-refractivity contribution in [3.63, 3.8) is 0 Å². The highest BCUT2D eigenvalue weighted by Crippen LogP contribution is 2.44. The maximum absolute atomic E-state index is 5.78. The molecule has 2 aliphatic rings. The Bertz CT molecular complexity index is 209. The number of hydrogen-bond acceptors (Lipinski definition) is 2. The van der Waals surface area contributed by atoms with Crippen LogP contribution in [0.4, 0.5) is 0 Å². The molecular weight excluding hydrogens is 184 g/mol. The summed E-state index contributed by atoms with van der Waals surface area (Å²) in [4.78, 5) is 2.61. The molecule has 1 heterocycles. The van der Waals surface area contributed by atoms with E-state index in [-0.39, 0.29) is 0 Å². The Balaban J connectivity index is 1.77. The van der Waals surface area contributed by atoms with Gasteiger partial charge in [-0.15, -0.1) is 0 Å². The predicted molar refractivity (Wildman–Crippen MR) is 64.8 cm³/mol. The maximum atomic E-state index is 5.78. The SMILES string of the molecule is CC(C)(CN)CN1CC2(CCCCC2)C1. The highest BCUT2D eigenvalue weighted by atomic mass is 15.2. The number of hydrogen-bond donors (Lipinski definition) is 1. The van der Waals surface area contributed by atoms with Crippen molar-refractivity contribution in [2.75, 3.05) is 26.2 Å². The Morgan fingerprint density at radius 3 is 2.27 bits per heavy atom. The van der Waals surface area contributed by atoms with Crippen molar-refractivity contribution in [1.82, 2.24) is 4.90 Å². The molecular formula is C13H26N2. The van der Waals surface area contributed by atoms with Gasteiger partial charge in [-0.05, 0) is 30.2 Å². The minimum atomic E-state index is 0.302. The van der Waals surface area contributed by atoms with Crippen LogP contribution < -0.4 is 5.73 Å². The van der Waals surface area contributed by atoms with E-state index < -0.39 is 0 Å². The van der Waals surface area contributed by atoms with Crippen molar-refractivity contribution in [3.05, 3.63) is 0 Å². The molecule has 1 saturated heterocycles. The molecule has 2 fully saturated rings. The Hall–Kier alpha value is -0.0800. The zero-order valence-electron chi connectivity index (χ0n) is 10.4. The summed E-state index contributed by atoms with van der Waals surface area (Å²) < 4.78 is 0. The highest BCUT2D eigenvalue weighted by molar-refractivity contribution is 4.97. The topological polar surface area (TPSA) is 29.3 Å². The number of rotatable bonds is 3. The Labute approximate surface area is 94.2 Å². The quantitative estimate of drug-likeness (QED) is 0.774. The summed E-state index contributed by atoms with van der Waals surface area (Å²) in [5, 5.41) is 0. The fourth-order valence-corrected chi connectivity index (χ4v) is 3.30. The van der Waals surface area contributed by atoms with Crippen LogP contribution in [-0.4, -0.2) is 31.1 Å². The fraction of sp³-hybridized carbons (Fsp3) is 1.00. The molecule has 0 bridgehead atoms. The molecule has 2 N–H and O–H groups in total. The van der Waals surface area contributed by atoms with Crippen LogP contribution in [0.25, 0.3) is 0 Å². The molecule has 1 saturated carbocycles. The molecule has 2 rings (SSSR count). The molecule has 0 radical (unpaired) electrons. The van der Waals surface area contributed by atoms with Crippen molar-refractivity contribution >= 4 is 0 Å². The number of nitrogens with two attached hydrogens (primary N) is 1. The second kappa shape index (κ2) is 4.06. The molecule has 0 aromatic heterocycles. The summed E-state index contributed by atoms with van der Waals surface area (Å²) >= 11 is 0. The van der Waals surface area contributed by atoms with E-state index in [1.54, 1.807) is 0 Å².